The second kappa shape index (κ2) is 9.21. The Morgan fingerprint density at radius 1 is 0.972 bits per heavy atom. The number of hydrogen-bond donors (Lipinski definition) is 1. The van der Waals surface area contributed by atoms with Crippen molar-refractivity contribution in [1.82, 2.24) is 14.4 Å². The molecule has 2 aromatic carbocycles. The fourth-order valence-electron chi connectivity index (χ4n) is 3.66. The third kappa shape index (κ3) is 4.60. The van der Waals surface area contributed by atoms with Crippen molar-refractivity contribution in [2.75, 3.05) is 4.72 Å². The maximum Gasteiger partial charge on any atom is 0.266 e. The highest BCUT2D eigenvalue weighted by atomic mass is 35.5. The van der Waals surface area contributed by atoms with E-state index in [1.807, 2.05) is 6.07 Å². The monoisotopic (exact) mass is 526 g/mol. The molecule has 1 N–H and O–H groups in total. The van der Waals surface area contributed by atoms with Gasteiger partial charge in [0.1, 0.15) is 27.9 Å². The number of ether oxygens (including phenoxy) is 1. The molecule has 5 rings (SSSR count). The van der Waals surface area contributed by atoms with E-state index in [4.69, 9.17) is 16.3 Å². The molecule has 0 aliphatic carbocycles. The fraction of sp³-hybridized carbons (Fsp3) is 0.0400. The molecule has 0 radical (unpaired) electrons. The number of pyridine rings is 2. The number of aryl methyl sites for hydroxylation is 1. The van der Waals surface area contributed by atoms with Crippen molar-refractivity contribution in [3.8, 4) is 22.8 Å². The molecule has 0 bridgehead atoms. The summed E-state index contributed by atoms with van der Waals surface area (Å²) in [6.45, 7) is 1.67. The topological polar surface area (TPSA) is 85.6 Å². The molecule has 0 saturated carbocycles. The maximum absolute atomic E-state index is 15.0. The van der Waals surface area contributed by atoms with Crippen LogP contribution < -0.4 is 9.46 Å². The molecule has 0 spiro atoms. The number of imidazole rings is 1. The lowest BCUT2D eigenvalue weighted by molar-refractivity contribution is 0.433. The Hall–Kier alpha value is -4.02. The highest BCUT2D eigenvalue weighted by molar-refractivity contribution is 7.92. The summed E-state index contributed by atoms with van der Waals surface area (Å²) in [5.74, 6) is -2.61. The third-order valence-corrected chi connectivity index (χ3v) is 6.87. The predicted octanol–water partition coefficient (Wildman–Crippen LogP) is 6.23. The second-order valence-corrected chi connectivity index (χ2v) is 9.88. The number of halogens is 3. The van der Waals surface area contributed by atoms with Crippen LogP contribution in [0.25, 0.3) is 16.9 Å². The molecule has 36 heavy (non-hydrogen) atoms. The van der Waals surface area contributed by atoms with E-state index in [2.05, 4.69) is 14.7 Å². The first-order chi connectivity index (χ1) is 17.2. The summed E-state index contributed by atoms with van der Waals surface area (Å²) < 4.78 is 65.1. The average Bonchev–Trinajstić information content (AvgIpc) is 3.31. The quantitative estimate of drug-likeness (QED) is 0.283. The number of hydrogen-bond acceptors (Lipinski definition) is 5. The predicted molar refractivity (Wildman–Crippen MR) is 132 cm³/mol. The van der Waals surface area contributed by atoms with E-state index in [-0.39, 0.29) is 11.6 Å². The number of benzene rings is 2. The minimum absolute atomic E-state index is 0.0189. The van der Waals surface area contributed by atoms with Crippen molar-refractivity contribution >= 4 is 33.1 Å². The van der Waals surface area contributed by atoms with Gasteiger partial charge in [0.25, 0.3) is 10.0 Å². The van der Waals surface area contributed by atoms with Crippen LogP contribution in [0.2, 0.25) is 5.02 Å². The summed E-state index contributed by atoms with van der Waals surface area (Å²) in [6, 6.07) is 16.0. The number of aromatic nitrogens is 3. The molecule has 5 aromatic rings. The van der Waals surface area contributed by atoms with Crippen LogP contribution in [0.4, 0.5) is 14.6 Å². The van der Waals surface area contributed by atoms with E-state index >= 15 is 4.39 Å². The SMILES string of the molecule is Cc1cccc(NS(=O)(=O)c2cc(F)c(Oc3ccc(Cl)cc3-c3cccc4nccn34)cc2F)n1. The van der Waals surface area contributed by atoms with Gasteiger partial charge >= 0.3 is 0 Å². The smallest absolute Gasteiger partial charge is 0.266 e. The first-order valence-electron chi connectivity index (χ1n) is 10.6. The zero-order chi connectivity index (χ0) is 25.4. The van der Waals surface area contributed by atoms with E-state index in [9.17, 15) is 12.8 Å². The minimum atomic E-state index is -4.46. The first kappa shape index (κ1) is 23.7. The summed E-state index contributed by atoms with van der Waals surface area (Å²) in [5.41, 5.74) is 2.36. The van der Waals surface area contributed by atoms with E-state index < -0.39 is 32.3 Å². The van der Waals surface area contributed by atoms with Gasteiger partial charge in [0.05, 0.1) is 5.69 Å². The Balaban J connectivity index is 1.52. The van der Waals surface area contributed by atoms with Gasteiger partial charge in [-0.2, -0.15) is 0 Å². The lowest BCUT2D eigenvalue weighted by Crippen LogP contribution is -2.16. The molecule has 0 fully saturated rings. The molecule has 0 aliphatic heterocycles. The highest BCUT2D eigenvalue weighted by Gasteiger charge is 2.24. The molecular formula is C25H17ClF2N4O3S. The van der Waals surface area contributed by atoms with Crippen LogP contribution in [0.3, 0.4) is 0 Å². The van der Waals surface area contributed by atoms with Gasteiger partial charge < -0.3 is 4.74 Å². The van der Waals surface area contributed by atoms with Gasteiger partial charge in [-0.25, -0.2) is 27.2 Å². The zero-order valence-electron chi connectivity index (χ0n) is 18.6. The van der Waals surface area contributed by atoms with Crippen LogP contribution in [-0.2, 0) is 10.0 Å². The Bertz CT molecular complexity index is 1720. The van der Waals surface area contributed by atoms with Crippen LogP contribution in [0, 0.1) is 18.6 Å². The van der Waals surface area contributed by atoms with Gasteiger partial charge in [-0.3, -0.25) is 9.12 Å². The number of fused-ring (bicyclic) bond motifs is 1. The van der Waals surface area contributed by atoms with Gasteiger partial charge in [-0.1, -0.05) is 23.7 Å². The Morgan fingerprint density at radius 3 is 2.58 bits per heavy atom. The molecule has 182 valence electrons. The third-order valence-electron chi connectivity index (χ3n) is 5.27. The van der Waals surface area contributed by atoms with Crippen molar-refractivity contribution in [2.24, 2.45) is 0 Å². The van der Waals surface area contributed by atoms with Crippen molar-refractivity contribution in [1.29, 1.82) is 0 Å². The number of sulfonamides is 1. The normalized spacial score (nSPS) is 11.6. The average molecular weight is 527 g/mol. The largest absolute Gasteiger partial charge is 0.453 e. The van der Waals surface area contributed by atoms with Crippen molar-refractivity contribution in [3.63, 3.8) is 0 Å². The Labute approximate surface area is 210 Å². The number of nitrogens with one attached hydrogen (secondary N) is 1. The molecule has 0 atom stereocenters. The zero-order valence-corrected chi connectivity index (χ0v) is 20.2. The van der Waals surface area contributed by atoms with E-state index in [0.717, 1.165) is 0 Å². The van der Waals surface area contributed by atoms with E-state index in [1.165, 1.54) is 12.1 Å². The number of rotatable bonds is 6. The van der Waals surface area contributed by atoms with Gasteiger partial charge in [-0.05, 0) is 49.4 Å². The summed E-state index contributed by atoms with van der Waals surface area (Å²) in [7, 11) is -4.46. The maximum atomic E-state index is 15.0. The van der Waals surface area contributed by atoms with Gasteiger partial charge in [0.2, 0.25) is 0 Å². The number of anilines is 1. The molecule has 3 aromatic heterocycles. The molecule has 0 unspecified atom stereocenters. The molecule has 11 heteroatoms. The fourth-order valence-corrected chi connectivity index (χ4v) is 4.91. The van der Waals surface area contributed by atoms with Crippen molar-refractivity contribution in [3.05, 3.63) is 101 Å². The Morgan fingerprint density at radius 2 is 1.78 bits per heavy atom. The lowest BCUT2D eigenvalue weighted by Gasteiger charge is -2.15. The van der Waals surface area contributed by atoms with Crippen molar-refractivity contribution < 1.29 is 21.9 Å². The highest BCUT2D eigenvalue weighted by Crippen LogP contribution is 2.37. The summed E-state index contributed by atoms with van der Waals surface area (Å²) in [6.07, 6.45) is 3.36. The molecule has 7 nitrogen and oxygen atoms in total. The van der Waals surface area contributed by atoms with Crippen LogP contribution in [0.1, 0.15) is 5.69 Å². The van der Waals surface area contributed by atoms with Gasteiger partial charge in [-0.15, -0.1) is 0 Å². The van der Waals surface area contributed by atoms with Gasteiger partial charge in [0, 0.05) is 40.8 Å². The summed E-state index contributed by atoms with van der Waals surface area (Å²) in [4.78, 5) is 7.39. The van der Waals surface area contributed by atoms with Crippen LogP contribution >= 0.6 is 11.6 Å². The minimum Gasteiger partial charge on any atom is -0.453 e. The lowest BCUT2D eigenvalue weighted by atomic mass is 10.1. The molecule has 0 amide bonds. The first-order valence-corrected chi connectivity index (χ1v) is 12.4. The van der Waals surface area contributed by atoms with E-state index in [0.29, 0.717) is 39.8 Å². The van der Waals surface area contributed by atoms with Crippen LogP contribution in [-0.4, -0.2) is 22.8 Å². The van der Waals surface area contributed by atoms with Crippen molar-refractivity contribution in [2.45, 2.75) is 11.8 Å². The standard InChI is InChI=1S/C25H17ClF2N4O3S/c1-15-4-2-6-24(30-15)31-36(33,34)23-14-18(27)22(13-19(23)28)35-21-9-8-16(26)12-17(21)20-5-3-7-25-29-10-11-32(20)25/h2-14H,1H3,(H,30,31). The molecular weight excluding hydrogens is 510 g/mol. The molecule has 0 saturated heterocycles. The van der Waals surface area contributed by atoms with Crippen LogP contribution in [0.5, 0.6) is 11.5 Å². The number of nitrogens with zero attached hydrogens (tertiary/aromatic N) is 3. The Kier molecular flexibility index (Phi) is 6.07. The summed E-state index contributed by atoms with van der Waals surface area (Å²) in [5, 5.41) is 0.401. The van der Waals surface area contributed by atoms with Gasteiger partial charge in [0.15, 0.2) is 11.6 Å². The van der Waals surface area contributed by atoms with Crippen LogP contribution in [0.15, 0.2) is 84.0 Å². The summed E-state index contributed by atoms with van der Waals surface area (Å²) >= 11 is 6.21. The molecule has 3 heterocycles. The van der Waals surface area contributed by atoms with E-state index in [1.54, 1.807) is 60.1 Å². The molecule has 0 aliphatic rings. The second-order valence-electron chi connectivity index (χ2n) is 7.79.